The highest BCUT2D eigenvalue weighted by Gasteiger charge is 2.35. The molecule has 6 nitrogen and oxygen atoms in total. The van der Waals surface area contributed by atoms with Crippen molar-refractivity contribution in [2.75, 3.05) is 24.7 Å². The monoisotopic (exact) mass is 428 g/mol. The summed E-state index contributed by atoms with van der Waals surface area (Å²) >= 11 is 6.33. The lowest BCUT2D eigenvalue weighted by atomic mass is 10.1. The smallest absolute Gasteiger partial charge is 0.227 e. The van der Waals surface area contributed by atoms with E-state index in [1.165, 1.54) is 0 Å². The molecule has 2 aromatic rings. The average Bonchev–Trinajstić information content (AvgIpc) is 2.98. The van der Waals surface area contributed by atoms with Gasteiger partial charge in [-0.05, 0) is 35.7 Å². The summed E-state index contributed by atoms with van der Waals surface area (Å²) in [6, 6.07) is 11.5. The molecule has 1 atom stereocenters. The number of anilines is 1. The number of nitrogens with one attached hydrogen (secondary N) is 1. The molecule has 158 valence electrons. The molecule has 0 aliphatic carbocycles. The van der Waals surface area contributed by atoms with Gasteiger partial charge in [-0.1, -0.05) is 36.7 Å². The molecule has 4 rings (SSSR count). The van der Waals surface area contributed by atoms with Crippen molar-refractivity contribution in [2.45, 2.75) is 32.7 Å². The van der Waals surface area contributed by atoms with E-state index in [9.17, 15) is 9.59 Å². The van der Waals surface area contributed by atoms with Gasteiger partial charge in [0.1, 0.15) is 0 Å². The Kier molecular flexibility index (Phi) is 6.13. The van der Waals surface area contributed by atoms with E-state index in [0.717, 1.165) is 29.7 Å². The van der Waals surface area contributed by atoms with Gasteiger partial charge in [0.15, 0.2) is 11.5 Å². The van der Waals surface area contributed by atoms with Crippen LogP contribution in [0.2, 0.25) is 5.02 Å². The number of ether oxygens (including phenoxy) is 2. The highest BCUT2D eigenvalue weighted by atomic mass is 35.5. The maximum Gasteiger partial charge on any atom is 0.227 e. The fourth-order valence-electron chi connectivity index (χ4n) is 3.91. The Morgan fingerprint density at radius 3 is 2.87 bits per heavy atom. The lowest BCUT2D eigenvalue weighted by molar-refractivity contribution is -0.126. The van der Waals surface area contributed by atoms with Crippen LogP contribution in [0.1, 0.15) is 30.9 Å². The fraction of sp³-hybridized carbons (Fsp3) is 0.391. The molecule has 2 heterocycles. The van der Waals surface area contributed by atoms with Crippen LogP contribution in [0.5, 0.6) is 11.5 Å². The van der Waals surface area contributed by atoms with Crippen LogP contribution in [0.3, 0.4) is 0 Å². The molecule has 0 unspecified atom stereocenters. The predicted octanol–water partition coefficient (Wildman–Crippen LogP) is 3.73. The van der Waals surface area contributed by atoms with Crippen molar-refractivity contribution in [1.82, 2.24) is 5.32 Å². The van der Waals surface area contributed by atoms with Crippen molar-refractivity contribution in [3.8, 4) is 11.5 Å². The SMILES string of the molecule is CCc1ccccc1N1C[C@@H](C(=O)NCc2cc(Cl)c3c(c2)OCCCO3)CC1=O. The lowest BCUT2D eigenvalue weighted by Gasteiger charge is -2.20. The molecule has 0 saturated carbocycles. The summed E-state index contributed by atoms with van der Waals surface area (Å²) in [6.45, 7) is 3.90. The van der Waals surface area contributed by atoms with E-state index in [4.69, 9.17) is 21.1 Å². The first-order chi connectivity index (χ1) is 14.6. The Morgan fingerprint density at radius 1 is 1.23 bits per heavy atom. The van der Waals surface area contributed by atoms with Crippen molar-refractivity contribution in [3.05, 3.63) is 52.5 Å². The number of aryl methyl sites for hydroxylation is 1. The van der Waals surface area contributed by atoms with Crippen LogP contribution >= 0.6 is 11.6 Å². The number of rotatable bonds is 5. The molecule has 2 amide bonds. The van der Waals surface area contributed by atoms with Crippen LogP contribution in [0.4, 0.5) is 5.69 Å². The normalized spacial score (nSPS) is 18.3. The van der Waals surface area contributed by atoms with Crippen molar-refractivity contribution in [3.63, 3.8) is 0 Å². The van der Waals surface area contributed by atoms with Crippen molar-refractivity contribution < 1.29 is 19.1 Å². The van der Waals surface area contributed by atoms with Gasteiger partial charge in [0.25, 0.3) is 0 Å². The topological polar surface area (TPSA) is 67.9 Å². The molecule has 0 aromatic heterocycles. The molecule has 2 aromatic carbocycles. The van der Waals surface area contributed by atoms with Gasteiger partial charge in [-0.15, -0.1) is 0 Å². The molecule has 1 fully saturated rings. The maximum absolute atomic E-state index is 12.7. The number of hydrogen-bond donors (Lipinski definition) is 1. The molecular formula is C23H25ClN2O4. The van der Waals surface area contributed by atoms with Gasteiger partial charge >= 0.3 is 0 Å². The van der Waals surface area contributed by atoms with Crippen LogP contribution < -0.4 is 19.7 Å². The number of carbonyl (C=O) groups excluding carboxylic acids is 2. The number of halogens is 1. The van der Waals surface area contributed by atoms with Crippen molar-refractivity contribution in [2.24, 2.45) is 5.92 Å². The van der Waals surface area contributed by atoms with Gasteiger partial charge in [-0.2, -0.15) is 0 Å². The number of hydrogen-bond acceptors (Lipinski definition) is 4. The number of para-hydroxylation sites is 1. The fourth-order valence-corrected chi connectivity index (χ4v) is 4.20. The molecule has 0 spiro atoms. The minimum atomic E-state index is -0.377. The Balaban J connectivity index is 1.41. The van der Waals surface area contributed by atoms with Gasteiger partial charge in [-0.3, -0.25) is 9.59 Å². The second-order valence-electron chi connectivity index (χ2n) is 7.56. The minimum Gasteiger partial charge on any atom is -0.489 e. The first-order valence-corrected chi connectivity index (χ1v) is 10.7. The standard InChI is InChI=1S/C23H25ClN2O4/c1-2-16-6-3-4-7-19(16)26-14-17(12-21(26)27)23(28)25-13-15-10-18(24)22-20(11-15)29-8-5-9-30-22/h3-4,6-7,10-11,17H,2,5,8-9,12-14H2,1H3,(H,25,28)/t17-/m0/s1. The molecule has 0 radical (unpaired) electrons. The number of carbonyl (C=O) groups is 2. The average molecular weight is 429 g/mol. The molecule has 2 aliphatic heterocycles. The summed E-state index contributed by atoms with van der Waals surface area (Å²) in [6.07, 6.45) is 1.85. The number of fused-ring (bicyclic) bond motifs is 1. The third-order valence-corrected chi connectivity index (χ3v) is 5.77. The molecule has 1 N–H and O–H groups in total. The summed E-state index contributed by atoms with van der Waals surface area (Å²) in [7, 11) is 0. The lowest BCUT2D eigenvalue weighted by Crippen LogP contribution is -2.32. The summed E-state index contributed by atoms with van der Waals surface area (Å²) in [5.74, 6) is 0.620. The van der Waals surface area contributed by atoms with Crippen LogP contribution in [0, 0.1) is 5.92 Å². The summed E-state index contributed by atoms with van der Waals surface area (Å²) in [5, 5.41) is 3.41. The summed E-state index contributed by atoms with van der Waals surface area (Å²) in [4.78, 5) is 27.0. The van der Waals surface area contributed by atoms with E-state index in [-0.39, 0.29) is 24.2 Å². The van der Waals surface area contributed by atoms with Gasteiger partial charge in [0, 0.05) is 31.6 Å². The van der Waals surface area contributed by atoms with E-state index < -0.39 is 0 Å². The zero-order valence-electron chi connectivity index (χ0n) is 16.9. The predicted molar refractivity (Wildman–Crippen MR) is 115 cm³/mol. The molecule has 30 heavy (non-hydrogen) atoms. The minimum absolute atomic E-state index is 0.0188. The second kappa shape index (κ2) is 8.96. The van der Waals surface area contributed by atoms with Crippen LogP contribution in [-0.4, -0.2) is 31.6 Å². The van der Waals surface area contributed by atoms with E-state index >= 15 is 0 Å². The first-order valence-electron chi connectivity index (χ1n) is 10.3. The molecule has 7 heteroatoms. The third kappa shape index (κ3) is 4.24. The second-order valence-corrected chi connectivity index (χ2v) is 7.97. The van der Waals surface area contributed by atoms with Crippen LogP contribution in [-0.2, 0) is 22.6 Å². The van der Waals surface area contributed by atoms with Gasteiger partial charge < -0.3 is 19.7 Å². The Hall–Kier alpha value is -2.73. The highest BCUT2D eigenvalue weighted by molar-refractivity contribution is 6.32. The van der Waals surface area contributed by atoms with E-state index in [2.05, 4.69) is 12.2 Å². The van der Waals surface area contributed by atoms with Crippen molar-refractivity contribution in [1.29, 1.82) is 0 Å². The number of nitrogens with zero attached hydrogens (tertiary/aromatic N) is 1. The number of benzene rings is 2. The molecule has 0 bridgehead atoms. The zero-order chi connectivity index (χ0) is 21.1. The van der Waals surface area contributed by atoms with Gasteiger partial charge in [-0.25, -0.2) is 0 Å². The van der Waals surface area contributed by atoms with Crippen molar-refractivity contribution >= 4 is 29.1 Å². The molecule has 1 saturated heterocycles. The summed E-state index contributed by atoms with van der Waals surface area (Å²) < 4.78 is 11.3. The van der Waals surface area contributed by atoms with E-state index in [1.54, 1.807) is 11.0 Å². The van der Waals surface area contributed by atoms with Crippen LogP contribution in [0.15, 0.2) is 36.4 Å². The Labute approximate surface area is 181 Å². The third-order valence-electron chi connectivity index (χ3n) is 5.49. The van der Waals surface area contributed by atoms with E-state index in [0.29, 0.717) is 42.8 Å². The quantitative estimate of drug-likeness (QED) is 0.787. The largest absolute Gasteiger partial charge is 0.489 e. The highest BCUT2D eigenvalue weighted by Crippen LogP contribution is 2.38. The maximum atomic E-state index is 12.7. The van der Waals surface area contributed by atoms with Crippen LogP contribution in [0.25, 0.3) is 0 Å². The van der Waals surface area contributed by atoms with Gasteiger partial charge in [0.05, 0.1) is 24.2 Å². The Bertz CT molecular complexity index is 962. The number of amides is 2. The molecule has 2 aliphatic rings. The van der Waals surface area contributed by atoms with E-state index in [1.807, 2.05) is 30.3 Å². The zero-order valence-corrected chi connectivity index (χ0v) is 17.7. The van der Waals surface area contributed by atoms with Gasteiger partial charge in [0.2, 0.25) is 11.8 Å². The summed E-state index contributed by atoms with van der Waals surface area (Å²) in [5.41, 5.74) is 2.83. The first kappa shape index (κ1) is 20.5. The Morgan fingerprint density at radius 2 is 2.03 bits per heavy atom. The molecular weight excluding hydrogens is 404 g/mol.